The van der Waals surface area contributed by atoms with E-state index in [0.29, 0.717) is 12.3 Å². The zero-order valence-corrected chi connectivity index (χ0v) is 11.4. The molecule has 102 valence electrons. The lowest BCUT2D eigenvalue weighted by Crippen LogP contribution is -2.31. The second-order valence-electron chi connectivity index (χ2n) is 5.42. The Kier molecular flexibility index (Phi) is 3.05. The fourth-order valence-electron chi connectivity index (χ4n) is 2.34. The van der Waals surface area contributed by atoms with Crippen LogP contribution in [0.15, 0.2) is 6.20 Å². The molecule has 1 aromatic rings. The molecule has 6 heteroatoms. The molecule has 2 N–H and O–H groups in total. The van der Waals surface area contributed by atoms with Gasteiger partial charge in [-0.05, 0) is 32.1 Å². The van der Waals surface area contributed by atoms with Crippen LogP contribution in [0.5, 0.6) is 0 Å². The van der Waals surface area contributed by atoms with E-state index in [9.17, 15) is 9.59 Å². The molecule has 0 bridgehead atoms. The number of carbonyl (C=O) groups is 2. The molecule has 19 heavy (non-hydrogen) atoms. The molecule has 0 aromatic carbocycles. The molecule has 2 aliphatic carbocycles. The Morgan fingerprint density at radius 2 is 2.21 bits per heavy atom. The third-order valence-corrected chi connectivity index (χ3v) is 4.74. The molecule has 0 spiro atoms. The van der Waals surface area contributed by atoms with Crippen LogP contribution in [0, 0.1) is 24.7 Å². The molecule has 1 heterocycles. The summed E-state index contributed by atoms with van der Waals surface area (Å²) in [6.07, 6.45) is 4.50. The molecule has 0 radical (unpaired) electrons. The zero-order valence-electron chi connectivity index (χ0n) is 10.6. The van der Waals surface area contributed by atoms with Crippen LogP contribution in [0.1, 0.15) is 35.2 Å². The number of aromatic nitrogens is 1. The fraction of sp³-hybridized carbons (Fsp3) is 0.615. The van der Waals surface area contributed by atoms with E-state index < -0.39 is 11.9 Å². The number of nitrogens with zero attached hydrogens (tertiary/aromatic N) is 1. The van der Waals surface area contributed by atoms with Gasteiger partial charge in [0, 0.05) is 11.1 Å². The average Bonchev–Trinajstić information content (AvgIpc) is 3.23. The van der Waals surface area contributed by atoms with Crippen LogP contribution in [0.2, 0.25) is 0 Å². The number of nitrogens with one attached hydrogen (secondary N) is 1. The molecular weight excluding hydrogens is 264 g/mol. The number of carboxylic acid groups (broad SMARTS) is 1. The van der Waals surface area contributed by atoms with Gasteiger partial charge < -0.3 is 10.4 Å². The van der Waals surface area contributed by atoms with Gasteiger partial charge in [-0.3, -0.25) is 9.59 Å². The lowest BCUT2D eigenvalue weighted by atomic mass is 10.2. The van der Waals surface area contributed by atoms with Gasteiger partial charge in [0.15, 0.2) is 0 Å². The second kappa shape index (κ2) is 4.59. The van der Waals surface area contributed by atoms with Gasteiger partial charge in [-0.1, -0.05) is 0 Å². The topological polar surface area (TPSA) is 79.3 Å². The van der Waals surface area contributed by atoms with Crippen LogP contribution in [0.3, 0.4) is 0 Å². The summed E-state index contributed by atoms with van der Waals surface area (Å²) >= 11 is 1.60. The summed E-state index contributed by atoms with van der Waals surface area (Å²) in [4.78, 5) is 28.3. The van der Waals surface area contributed by atoms with Crippen molar-refractivity contribution in [2.45, 2.75) is 32.2 Å². The van der Waals surface area contributed by atoms with Crippen LogP contribution in [-0.2, 0) is 9.59 Å². The van der Waals surface area contributed by atoms with Crippen molar-refractivity contribution in [3.05, 3.63) is 16.1 Å². The maximum atomic E-state index is 12.0. The van der Waals surface area contributed by atoms with Crippen molar-refractivity contribution in [1.82, 2.24) is 10.3 Å². The smallest absolute Gasteiger partial charge is 0.307 e. The van der Waals surface area contributed by atoms with Crippen molar-refractivity contribution in [1.29, 1.82) is 0 Å². The monoisotopic (exact) mass is 280 g/mol. The Bertz CT molecular complexity index is 524. The first kappa shape index (κ1) is 12.6. The summed E-state index contributed by atoms with van der Waals surface area (Å²) in [5.74, 6) is -1.36. The first-order chi connectivity index (χ1) is 9.06. The van der Waals surface area contributed by atoms with Gasteiger partial charge in [-0.25, -0.2) is 4.98 Å². The predicted octanol–water partition coefficient (Wildman–Crippen LogP) is 1.74. The quantitative estimate of drug-likeness (QED) is 0.861. The minimum Gasteiger partial charge on any atom is -0.481 e. The number of hydrogen-bond donors (Lipinski definition) is 2. The Labute approximate surface area is 115 Å². The van der Waals surface area contributed by atoms with Crippen molar-refractivity contribution in [3.8, 4) is 0 Å². The van der Waals surface area contributed by atoms with Gasteiger partial charge in [-0.15, -0.1) is 11.3 Å². The molecule has 1 amide bonds. The zero-order chi connectivity index (χ0) is 13.6. The van der Waals surface area contributed by atoms with Crippen molar-refractivity contribution in [2.24, 2.45) is 17.8 Å². The van der Waals surface area contributed by atoms with Gasteiger partial charge in [-0.2, -0.15) is 0 Å². The summed E-state index contributed by atoms with van der Waals surface area (Å²) in [5.41, 5.74) is 0. The molecule has 0 aliphatic heterocycles. The van der Waals surface area contributed by atoms with Crippen LogP contribution in [-0.4, -0.2) is 22.0 Å². The Morgan fingerprint density at radius 1 is 1.47 bits per heavy atom. The minimum absolute atomic E-state index is 0.0266. The molecule has 2 fully saturated rings. The summed E-state index contributed by atoms with van der Waals surface area (Å²) in [6.45, 7) is 1.99. The number of thiazole rings is 1. The van der Waals surface area contributed by atoms with E-state index in [-0.39, 0.29) is 17.9 Å². The maximum Gasteiger partial charge on any atom is 0.307 e. The van der Waals surface area contributed by atoms with Crippen molar-refractivity contribution in [3.63, 3.8) is 0 Å². The molecule has 1 aromatic heterocycles. The van der Waals surface area contributed by atoms with Gasteiger partial charge in [0.2, 0.25) is 5.91 Å². The number of amides is 1. The molecular formula is C13H16N2O3S. The number of carbonyl (C=O) groups excluding carboxylic acids is 1. The Balaban J connectivity index is 1.66. The minimum atomic E-state index is -0.867. The second-order valence-corrected chi connectivity index (χ2v) is 6.69. The largest absolute Gasteiger partial charge is 0.481 e. The van der Waals surface area contributed by atoms with Crippen LogP contribution < -0.4 is 5.32 Å². The Hall–Kier alpha value is -1.43. The third-order valence-electron chi connectivity index (χ3n) is 3.74. The van der Waals surface area contributed by atoms with Gasteiger partial charge in [0.1, 0.15) is 5.01 Å². The van der Waals surface area contributed by atoms with E-state index in [4.69, 9.17) is 5.11 Å². The summed E-state index contributed by atoms with van der Waals surface area (Å²) in [5, 5.41) is 12.8. The fourth-order valence-corrected chi connectivity index (χ4v) is 3.26. The normalized spacial score (nSPS) is 26.8. The number of carboxylic acids is 1. The number of hydrogen-bond acceptors (Lipinski definition) is 4. The van der Waals surface area contributed by atoms with E-state index >= 15 is 0 Å². The first-order valence-electron chi connectivity index (χ1n) is 6.51. The maximum absolute atomic E-state index is 12.0. The molecule has 2 aliphatic rings. The standard InChI is InChI=1S/C13H16N2O3S/c1-6-5-14-12(19-6)10(7-2-3-7)15-11(16)8-4-9(8)13(17)18/h5,7-10H,2-4H2,1H3,(H,15,16)(H,17,18). The van der Waals surface area contributed by atoms with Crippen LogP contribution in [0.25, 0.3) is 0 Å². The van der Waals surface area contributed by atoms with E-state index in [2.05, 4.69) is 10.3 Å². The summed E-state index contributed by atoms with van der Waals surface area (Å²) in [7, 11) is 0. The van der Waals surface area contributed by atoms with E-state index in [1.165, 1.54) is 0 Å². The highest BCUT2D eigenvalue weighted by Gasteiger charge is 2.49. The average molecular weight is 280 g/mol. The van der Waals surface area contributed by atoms with Crippen molar-refractivity contribution in [2.75, 3.05) is 0 Å². The van der Waals surface area contributed by atoms with Gasteiger partial charge in [0.25, 0.3) is 0 Å². The lowest BCUT2D eigenvalue weighted by Gasteiger charge is -2.15. The lowest BCUT2D eigenvalue weighted by molar-refractivity contribution is -0.140. The van der Waals surface area contributed by atoms with Crippen molar-refractivity contribution < 1.29 is 14.7 Å². The summed E-state index contributed by atoms with van der Waals surface area (Å²) < 4.78 is 0. The van der Waals surface area contributed by atoms with E-state index in [1.807, 2.05) is 13.1 Å². The van der Waals surface area contributed by atoms with Gasteiger partial charge in [0.05, 0.1) is 17.9 Å². The molecule has 5 nitrogen and oxygen atoms in total. The Morgan fingerprint density at radius 3 is 2.68 bits per heavy atom. The highest BCUT2D eigenvalue weighted by molar-refractivity contribution is 7.11. The molecule has 2 saturated carbocycles. The van der Waals surface area contributed by atoms with Crippen LogP contribution >= 0.6 is 11.3 Å². The predicted molar refractivity (Wildman–Crippen MR) is 69.7 cm³/mol. The molecule has 0 saturated heterocycles. The highest BCUT2D eigenvalue weighted by Crippen LogP contribution is 2.44. The van der Waals surface area contributed by atoms with E-state index in [0.717, 1.165) is 22.7 Å². The number of aryl methyl sites for hydroxylation is 1. The highest BCUT2D eigenvalue weighted by atomic mass is 32.1. The third kappa shape index (κ3) is 2.63. The summed E-state index contributed by atoms with van der Waals surface area (Å²) in [6, 6.07) is -0.0266. The first-order valence-corrected chi connectivity index (χ1v) is 7.33. The van der Waals surface area contributed by atoms with Gasteiger partial charge >= 0.3 is 5.97 Å². The number of aliphatic carboxylic acids is 1. The van der Waals surface area contributed by atoms with Crippen molar-refractivity contribution >= 4 is 23.2 Å². The van der Waals surface area contributed by atoms with E-state index in [1.54, 1.807) is 11.3 Å². The molecule has 3 rings (SSSR count). The molecule has 3 atom stereocenters. The molecule has 3 unspecified atom stereocenters. The number of rotatable bonds is 5. The SMILES string of the molecule is Cc1cnc(C(NC(=O)C2CC2C(=O)O)C2CC2)s1. The van der Waals surface area contributed by atoms with Crippen LogP contribution in [0.4, 0.5) is 0 Å².